The van der Waals surface area contributed by atoms with E-state index in [1.807, 2.05) is 0 Å². The third-order valence-corrected chi connectivity index (χ3v) is 7.75. The van der Waals surface area contributed by atoms with Crippen molar-refractivity contribution in [1.29, 1.82) is 0 Å². The Kier molecular flexibility index (Phi) is 9.64. The maximum absolute atomic E-state index is 13.3. The number of carbonyl (C=O) groups excluding carboxylic acids is 4. The van der Waals surface area contributed by atoms with Gasteiger partial charge in [0.2, 0.25) is 5.91 Å². The number of nitrogens with one attached hydrogen (secondary N) is 3. The Morgan fingerprint density at radius 1 is 0.933 bits per heavy atom. The van der Waals surface area contributed by atoms with Crippen molar-refractivity contribution < 1.29 is 23.6 Å². The fourth-order valence-electron chi connectivity index (χ4n) is 5.10. The summed E-state index contributed by atoms with van der Waals surface area (Å²) in [5, 5.41) is 8.54. The lowest BCUT2D eigenvalue weighted by molar-refractivity contribution is -0.115. The van der Waals surface area contributed by atoms with E-state index in [9.17, 15) is 19.2 Å². The number of likely N-dealkylation sites (N-methyl/N-ethyl adjacent to an activating group) is 1. The van der Waals surface area contributed by atoms with Crippen LogP contribution >= 0.6 is 0 Å². The van der Waals surface area contributed by atoms with Crippen molar-refractivity contribution in [3.05, 3.63) is 113 Å². The predicted octanol–water partition coefficient (Wildman–Crippen LogP) is 5.58. The molecule has 0 aliphatic carbocycles. The van der Waals surface area contributed by atoms with Gasteiger partial charge >= 0.3 is 0 Å². The van der Waals surface area contributed by atoms with Gasteiger partial charge in [-0.25, -0.2) is 0 Å². The summed E-state index contributed by atoms with van der Waals surface area (Å²) in [6, 6.07) is 20.3. The average Bonchev–Trinajstić information content (AvgIpc) is 3.63. The van der Waals surface area contributed by atoms with E-state index in [2.05, 4.69) is 39.7 Å². The van der Waals surface area contributed by atoms with E-state index in [0.717, 1.165) is 19.6 Å². The Balaban J connectivity index is 1.22. The van der Waals surface area contributed by atoms with Gasteiger partial charge in [0.15, 0.2) is 11.5 Å². The van der Waals surface area contributed by atoms with Gasteiger partial charge in [0.25, 0.3) is 11.8 Å². The number of hydrogen-bond acceptors (Lipinski definition) is 7. The molecule has 1 aliphatic heterocycles. The van der Waals surface area contributed by atoms with Gasteiger partial charge in [-0.2, -0.15) is 0 Å². The molecule has 1 aliphatic rings. The zero-order valence-corrected chi connectivity index (χ0v) is 25.4. The lowest BCUT2D eigenvalue weighted by Crippen LogP contribution is -2.34. The van der Waals surface area contributed by atoms with Crippen molar-refractivity contribution in [2.75, 3.05) is 36.8 Å². The number of amides is 3. The summed E-state index contributed by atoms with van der Waals surface area (Å²) < 4.78 is 5.25. The van der Waals surface area contributed by atoms with Crippen LogP contribution in [0.3, 0.4) is 0 Å². The minimum atomic E-state index is -0.629. The molecular formula is C35H35N5O5. The summed E-state index contributed by atoms with van der Waals surface area (Å²) in [7, 11) is 0. The first-order valence-electron chi connectivity index (χ1n) is 14.9. The van der Waals surface area contributed by atoms with E-state index in [0.29, 0.717) is 51.4 Å². The smallest absolute Gasteiger partial charge is 0.291 e. The highest BCUT2D eigenvalue weighted by Gasteiger charge is 2.30. The number of hydrogen-bond donors (Lipinski definition) is 3. The van der Waals surface area contributed by atoms with Gasteiger partial charge in [0.1, 0.15) is 5.92 Å². The highest BCUT2D eigenvalue weighted by Crippen LogP contribution is 2.33. The molecule has 0 saturated heterocycles. The van der Waals surface area contributed by atoms with E-state index in [4.69, 9.17) is 4.42 Å². The van der Waals surface area contributed by atoms with E-state index in [-0.39, 0.29) is 23.4 Å². The molecule has 45 heavy (non-hydrogen) atoms. The minimum absolute atomic E-state index is 0.146. The molecule has 3 aromatic carbocycles. The van der Waals surface area contributed by atoms with Crippen molar-refractivity contribution in [3.63, 3.8) is 0 Å². The molecule has 3 amide bonds. The van der Waals surface area contributed by atoms with E-state index in [1.165, 1.54) is 6.26 Å². The Hall–Kier alpha value is -5.35. The van der Waals surface area contributed by atoms with Crippen LogP contribution in [0, 0.1) is 6.92 Å². The lowest BCUT2D eigenvalue weighted by Gasteiger charge is -2.17. The summed E-state index contributed by atoms with van der Waals surface area (Å²) >= 11 is 0. The van der Waals surface area contributed by atoms with Crippen LogP contribution in [0.15, 0.2) is 88.5 Å². The van der Waals surface area contributed by atoms with Crippen molar-refractivity contribution in [2.24, 2.45) is 4.99 Å². The van der Waals surface area contributed by atoms with Gasteiger partial charge < -0.3 is 25.3 Å². The number of anilines is 2. The standard InChI is InChI=1S/C35H35N5O5/c1-4-40(5-2)17-16-36-33(42)23-9-12-26(13-10-23)37-21-29-28-14-11-25(20-30(28)39-34(29)43)31(41)24-7-6-8-27(19-24)38-35(44)32-22(3)15-18-45-32/h6-15,18-21,29H,4-5,16-17H2,1-3H3,(H,36,42)(H,38,44)(H,39,43). The van der Waals surface area contributed by atoms with Crippen molar-refractivity contribution >= 4 is 46.8 Å². The summed E-state index contributed by atoms with van der Waals surface area (Å²) in [6.07, 6.45) is 3.01. The SMILES string of the molecule is CCN(CC)CCNC(=O)c1ccc(N=CC2C(=O)Nc3cc(C(=O)c4cccc(NC(=O)c5occc5C)c4)ccc32)cc1. The van der Waals surface area contributed by atoms with Gasteiger partial charge in [-0.3, -0.25) is 24.2 Å². The normalized spacial score (nSPS) is 14.0. The zero-order chi connectivity index (χ0) is 31.9. The van der Waals surface area contributed by atoms with Crippen LogP contribution in [0.25, 0.3) is 0 Å². The number of carbonyl (C=O) groups is 4. The molecule has 10 heteroatoms. The van der Waals surface area contributed by atoms with Gasteiger partial charge in [-0.1, -0.05) is 38.1 Å². The first-order valence-corrected chi connectivity index (χ1v) is 14.9. The predicted molar refractivity (Wildman–Crippen MR) is 174 cm³/mol. The summed E-state index contributed by atoms with van der Waals surface area (Å²) in [5.41, 5.74) is 4.33. The monoisotopic (exact) mass is 605 g/mol. The van der Waals surface area contributed by atoms with Crippen LogP contribution in [0.2, 0.25) is 0 Å². The number of rotatable bonds is 12. The fourth-order valence-corrected chi connectivity index (χ4v) is 5.10. The number of fused-ring (bicyclic) bond motifs is 1. The Labute approximate surface area is 261 Å². The molecule has 3 N–H and O–H groups in total. The summed E-state index contributed by atoms with van der Waals surface area (Å²) in [5.74, 6) is -1.48. The van der Waals surface area contributed by atoms with Gasteiger partial charge in [0, 0.05) is 52.9 Å². The lowest BCUT2D eigenvalue weighted by atomic mass is 9.97. The molecule has 230 valence electrons. The number of aliphatic imine (C=N–C) groups is 1. The van der Waals surface area contributed by atoms with Gasteiger partial charge in [0.05, 0.1) is 12.0 Å². The highest BCUT2D eigenvalue weighted by molar-refractivity contribution is 6.15. The van der Waals surface area contributed by atoms with E-state index < -0.39 is 11.8 Å². The molecular weight excluding hydrogens is 570 g/mol. The summed E-state index contributed by atoms with van der Waals surface area (Å²) in [4.78, 5) is 57.9. The van der Waals surface area contributed by atoms with Gasteiger partial charge in [-0.15, -0.1) is 0 Å². The first-order chi connectivity index (χ1) is 21.8. The van der Waals surface area contributed by atoms with E-state index in [1.54, 1.807) is 85.9 Å². The molecule has 4 aromatic rings. The quantitative estimate of drug-likeness (QED) is 0.143. The second-order valence-corrected chi connectivity index (χ2v) is 10.7. The molecule has 2 heterocycles. The molecule has 0 fully saturated rings. The van der Waals surface area contributed by atoms with Crippen LogP contribution in [0.1, 0.15) is 67.7 Å². The van der Waals surface area contributed by atoms with Crippen LogP contribution in [0.5, 0.6) is 0 Å². The van der Waals surface area contributed by atoms with Crippen molar-refractivity contribution in [3.8, 4) is 0 Å². The zero-order valence-electron chi connectivity index (χ0n) is 25.4. The first kappa shape index (κ1) is 31.1. The topological polar surface area (TPSA) is 133 Å². The van der Waals surface area contributed by atoms with Gasteiger partial charge in [-0.05, 0) is 74.1 Å². The third kappa shape index (κ3) is 7.25. The van der Waals surface area contributed by atoms with Crippen LogP contribution in [-0.4, -0.2) is 60.8 Å². The number of aryl methyl sites for hydroxylation is 1. The molecule has 5 rings (SSSR count). The number of nitrogens with zero attached hydrogens (tertiary/aromatic N) is 2. The molecule has 0 spiro atoms. The molecule has 0 saturated carbocycles. The number of benzene rings is 3. The van der Waals surface area contributed by atoms with Crippen molar-refractivity contribution in [2.45, 2.75) is 26.7 Å². The van der Waals surface area contributed by atoms with Crippen LogP contribution in [0.4, 0.5) is 17.1 Å². The fraction of sp³-hybridized carbons (Fsp3) is 0.229. The molecule has 0 bridgehead atoms. The molecule has 10 nitrogen and oxygen atoms in total. The number of furan rings is 1. The maximum Gasteiger partial charge on any atom is 0.291 e. The average molecular weight is 606 g/mol. The maximum atomic E-state index is 13.3. The number of ketones is 1. The molecule has 1 aromatic heterocycles. The van der Waals surface area contributed by atoms with E-state index >= 15 is 0 Å². The second-order valence-electron chi connectivity index (χ2n) is 10.7. The Morgan fingerprint density at radius 3 is 2.38 bits per heavy atom. The van der Waals surface area contributed by atoms with Crippen molar-refractivity contribution in [1.82, 2.24) is 10.2 Å². The third-order valence-electron chi connectivity index (χ3n) is 7.75. The Morgan fingerprint density at radius 2 is 1.67 bits per heavy atom. The molecule has 0 radical (unpaired) electrons. The molecule has 1 atom stereocenters. The highest BCUT2D eigenvalue weighted by atomic mass is 16.3. The Bertz CT molecular complexity index is 1750. The molecule has 1 unspecified atom stereocenters. The summed E-state index contributed by atoms with van der Waals surface area (Å²) in [6.45, 7) is 9.19. The van der Waals surface area contributed by atoms with Crippen LogP contribution < -0.4 is 16.0 Å². The minimum Gasteiger partial charge on any atom is -0.459 e. The second kappa shape index (κ2) is 14.0. The largest absolute Gasteiger partial charge is 0.459 e. The van der Waals surface area contributed by atoms with Crippen LogP contribution in [-0.2, 0) is 4.79 Å².